The number of hydrogen-bond acceptors (Lipinski definition) is 3. The molecular weight excluding hydrogens is 284 g/mol. The lowest BCUT2D eigenvalue weighted by Crippen LogP contribution is -2.24. The molecule has 0 spiro atoms. The molecular formula is C13H15BrO3. The summed E-state index contributed by atoms with van der Waals surface area (Å²) in [5.74, 6) is 0.429. The molecule has 1 fully saturated rings. The normalized spacial score (nSPS) is 15.2. The average Bonchev–Trinajstić information content (AvgIpc) is 2.32. The van der Waals surface area contributed by atoms with Gasteiger partial charge in [-0.15, -0.1) is 0 Å². The summed E-state index contributed by atoms with van der Waals surface area (Å²) in [6.07, 6.45) is 3.75. The fourth-order valence-corrected chi connectivity index (χ4v) is 2.05. The fraction of sp³-hybridized carbons (Fsp3) is 0.462. The molecule has 0 bridgehead atoms. The number of alkyl halides is 1. The molecule has 2 rings (SSSR count). The van der Waals surface area contributed by atoms with E-state index in [-0.39, 0.29) is 5.97 Å². The van der Waals surface area contributed by atoms with Crippen molar-refractivity contribution >= 4 is 21.9 Å². The van der Waals surface area contributed by atoms with E-state index in [1.807, 2.05) is 12.1 Å². The second-order valence-electron chi connectivity index (χ2n) is 4.16. The second kappa shape index (κ2) is 5.54. The number of halogens is 1. The third-order valence-electron chi connectivity index (χ3n) is 2.90. The van der Waals surface area contributed by atoms with Crippen molar-refractivity contribution in [2.24, 2.45) is 0 Å². The molecule has 0 radical (unpaired) electrons. The molecule has 1 saturated carbocycles. The smallest absolute Gasteiger partial charge is 0.337 e. The Morgan fingerprint density at radius 3 is 2.71 bits per heavy atom. The summed E-state index contributed by atoms with van der Waals surface area (Å²) in [6.45, 7) is 0. The molecule has 0 saturated heterocycles. The third kappa shape index (κ3) is 3.00. The maximum absolute atomic E-state index is 11.5. The summed E-state index contributed by atoms with van der Waals surface area (Å²) in [5.41, 5.74) is 1.56. The number of carbonyl (C=O) groups excluding carboxylic acids is 1. The molecule has 3 nitrogen and oxygen atoms in total. The van der Waals surface area contributed by atoms with Crippen LogP contribution >= 0.6 is 15.9 Å². The van der Waals surface area contributed by atoms with Crippen molar-refractivity contribution in [1.82, 2.24) is 0 Å². The molecule has 0 atom stereocenters. The summed E-state index contributed by atoms with van der Waals surface area (Å²) >= 11 is 3.39. The Hall–Kier alpha value is -1.03. The number of rotatable bonds is 4. The van der Waals surface area contributed by atoms with Gasteiger partial charge in [-0.2, -0.15) is 0 Å². The van der Waals surface area contributed by atoms with E-state index in [0.29, 0.717) is 17.0 Å². The van der Waals surface area contributed by atoms with Crippen molar-refractivity contribution in [1.29, 1.82) is 0 Å². The van der Waals surface area contributed by atoms with Gasteiger partial charge in [-0.3, -0.25) is 0 Å². The number of hydrogen-bond donors (Lipinski definition) is 0. The molecule has 1 aromatic carbocycles. The Kier molecular flexibility index (Phi) is 4.05. The predicted octanol–water partition coefficient (Wildman–Crippen LogP) is 3.30. The summed E-state index contributed by atoms with van der Waals surface area (Å²) in [7, 11) is 1.38. The highest BCUT2D eigenvalue weighted by atomic mass is 79.9. The zero-order chi connectivity index (χ0) is 12.3. The minimum absolute atomic E-state index is 0.311. The van der Waals surface area contributed by atoms with Crippen LogP contribution in [0.5, 0.6) is 5.75 Å². The molecule has 0 aliphatic heterocycles. The first-order valence-corrected chi connectivity index (χ1v) is 6.80. The van der Waals surface area contributed by atoms with Gasteiger partial charge in [0.05, 0.1) is 18.8 Å². The predicted molar refractivity (Wildman–Crippen MR) is 68.7 cm³/mol. The average molecular weight is 299 g/mol. The van der Waals surface area contributed by atoms with E-state index in [2.05, 4.69) is 15.9 Å². The molecule has 92 valence electrons. The summed E-state index contributed by atoms with van der Waals surface area (Å²) in [4.78, 5) is 11.5. The summed E-state index contributed by atoms with van der Waals surface area (Å²) in [5, 5.41) is 0.693. The van der Waals surface area contributed by atoms with Crippen molar-refractivity contribution in [3.8, 4) is 5.75 Å². The van der Waals surface area contributed by atoms with Crippen molar-refractivity contribution in [3.05, 3.63) is 29.3 Å². The first-order chi connectivity index (χ1) is 8.22. The van der Waals surface area contributed by atoms with Gasteiger partial charge in [0, 0.05) is 5.33 Å². The number of esters is 1. The molecule has 0 aromatic heterocycles. The molecule has 0 N–H and O–H groups in total. The van der Waals surface area contributed by atoms with Gasteiger partial charge >= 0.3 is 5.97 Å². The highest BCUT2D eigenvalue weighted by molar-refractivity contribution is 9.08. The van der Waals surface area contributed by atoms with E-state index >= 15 is 0 Å². The number of carbonyl (C=O) groups is 1. The Labute approximate surface area is 109 Å². The standard InChI is InChI=1S/C13H15BrO3/c1-16-13(15)10-5-9(8-14)6-12(7-10)17-11-3-2-4-11/h5-7,11H,2-4,8H2,1H3. The monoisotopic (exact) mass is 298 g/mol. The quantitative estimate of drug-likeness (QED) is 0.632. The first kappa shape index (κ1) is 12.4. The van der Waals surface area contributed by atoms with Gasteiger partial charge in [-0.25, -0.2) is 4.79 Å². The van der Waals surface area contributed by atoms with Gasteiger partial charge in [-0.1, -0.05) is 15.9 Å². The highest BCUT2D eigenvalue weighted by Gasteiger charge is 2.20. The molecule has 0 amide bonds. The van der Waals surface area contributed by atoms with Gasteiger partial charge < -0.3 is 9.47 Å². The minimum atomic E-state index is -0.328. The Morgan fingerprint density at radius 1 is 1.41 bits per heavy atom. The lowest BCUT2D eigenvalue weighted by atomic mass is 9.96. The van der Waals surface area contributed by atoms with Crippen LogP contribution in [0.4, 0.5) is 0 Å². The highest BCUT2D eigenvalue weighted by Crippen LogP contribution is 2.27. The Bertz CT molecular complexity index is 413. The summed E-state index contributed by atoms with van der Waals surface area (Å²) in [6, 6.07) is 5.52. The lowest BCUT2D eigenvalue weighted by molar-refractivity contribution is 0.0599. The van der Waals surface area contributed by atoms with Crippen LogP contribution in [0.1, 0.15) is 35.2 Å². The first-order valence-electron chi connectivity index (χ1n) is 5.68. The molecule has 1 aliphatic rings. The van der Waals surface area contributed by atoms with Gasteiger partial charge in [0.2, 0.25) is 0 Å². The Balaban J connectivity index is 2.21. The summed E-state index contributed by atoms with van der Waals surface area (Å²) < 4.78 is 10.5. The van der Waals surface area contributed by atoms with E-state index in [1.165, 1.54) is 13.5 Å². The Morgan fingerprint density at radius 2 is 2.18 bits per heavy atom. The van der Waals surface area contributed by atoms with Crippen molar-refractivity contribution in [3.63, 3.8) is 0 Å². The van der Waals surface area contributed by atoms with Crippen molar-refractivity contribution < 1.29 is 14.3 Å². The van der Waals surface area contributed by atoms with E-state index in [4.69, 9.17) is 9.47 Å². The second-order valence-corrected chi connectivity index (χ2v) is 4.72. The molecule has 4 heteroatoms. The number of benzene rings is 1. The zero-order valence-corrected chi connectivity index (χ0v) is 11.3. The van der Waals surface area contributed by atoms with Crippen molar-refractivity contribution in [2.75, 3.05) is 7.11 Å². The van der Waals surface area contributed by atoms with Crippen LogP contribution in [-0.2, 0) is 10.1 Å². The number of ether oxygens (including phenoxy) is 2. The van der Waals surface area contributed by atoms with E-state index in [0.717, 1.165) is 24.2 Å². The minimum Gasteiger partial charge on any atom is -0.490 e. The molecule has 0 unspecified atom stereocenters. The van der Waals surface area contributed by atoms with Crippen LogP contribution < -0.4 is 4.74 Å². The molecule has 0 heterocycles. The van der Waals surface area contributed by atoms with Gasteiger partial charge in [0.15, 0.2) is 0 Å². The van der Waals surface area contributed by atoms with Crippen LogP contribution in [0.2, 0.25) is 0 Å². The SMILES string of the molecule is COC(=O)c1cc(CBr)cc(OC2CCC2)c1. The molecule has 1 aliphatic carbocycles. The van der Waals surface area contributed by atoms with Crippen molar-refractivity contribution in [2.45, 2.75) is 30.7 Å². The van der Waals surface area contributed by atoms with Crippen LogP contribution in [0.3, 0.4) is 0 Å². The maximum atomic E-state index is 11.5. The largest absolute Gasteiger partial charge is 0.490 e. The molecule has 17 heavy (non-hydrogen) atoms. The van der Waals surface area contributed by atoms with Gasteiger partial charge in [0.1, 0.15) is 5.75 Å². The number of methoxy groups -OCH3 is 1. The van der Waals surface area contributed by atoms with E-state index in [9.17, 15) is 4.79 Å². The third-order valence-corrected chi connectivity index (χ3v) is 3.54. The van der Waals surface area contributed by atoms with E-state index in [1.54, 1.807) is 6.07 Å². The zero-order valence-electron chi connectivity index (χ0n) is 9.74. The van der Waals surface area contributed by atoms with Crippen LogP contribution in [0, 0.1) is 0 Å². The fourth-order valence-electron chi connectivity index (χ4n) is 1.72. The van der Waals surface area contributed by atoms with Crippen LogP contribution in [0.15, 0.2) is 18.2 Å². The maximum Gasteiger partial charge on any atom is 0.337 e. The van der Waals surface area contributed by atoms with Gasteiger partial charge in [-0.05, 0) is 43.0 Å². The topological polar surface area (TPSA) is 35.5 Å². The molecule has 1 aromatic rings. The lowest BCUT2D eigenvalue weighted by Gasteiger charge is -2.26. The van der Waals surface area contributed by atoms with Gasteiger partial charge in [0.25, 0.3) is 0 Å². The van der Waals surface area contributed by atoms with E-state index < -0.39 is 0 Å². The van der Waals surface area contributed by atoms with Crippen LogP contribution in [-0.4, -0.2) is 19.2 Å². The van der Waals surface area contributed by atoms with Crippen LogP contribution in [0.25, 0.3) is 0 Å².